The molecule has 0 bridgehead atoms. The zero-order valence-corrected chi connectivity index (χ0v) is 14.1. The summed E-state index contributed by atoms with van der Waals surface area (Å²) in [5.41, 5.74) is 0.0751. The molecule has 0 amide bonds. The van der Waals surface area contributed by atoms with Gasteiger partial charge in [-0.25, -0.2) is 8.78 Å². The van der Waals surface area contributed by atoms with E-state index in [1.54, 1.807) is 34.7 Å². The molecule has 0 atom stereocenters. The van der Waals surface area contributed by atoms with Gasteiger partial charge in [-0.3, -0.25) is 10.1 Å². The Balaban J connectivity index is 2.29. The van der Waals surface area contributed by atoms with Crippen molar-refractivity contribution in [2.45, 2.75) is 6.54 Å². The molecule has 2 aromatic carbocycles. The minimum Gasteiger partial charge on any atom is -0.375 e. The van der Waals surface area contributed by atoms with Crippen molar-refractivity contribution in [2.75, 3.05) is 5.32 Å². The highest BCUT2D eigenvalue weighted by Gasteiger charge is 2.17. The van der Waals surface area contributed by atoms with Gasteiger partial charge in [0.25, 0.3) is 5.69 Å². The highest BCUT2D eigenvalue weighted by molar-refractivity contribution is 14.1. The summed E-state index contributed by atoms with van der Waals surface area (Å²) in [7, 11) is 0. The maximum atomic E-state index is 13.6. The van der Waals surface area contributed by atoms with Crippen LogP contribution >= 0.6 is 38.5 Å². The third-order valence-electron chi connectivity index (χ3n) is 2.71. The summed E-state index contributed by atoms with van der Waals surface area (Å²) in [5, 5.41) is 13.7. The summed E-state index contributed by atoms with van der Waals surface area (Å²) in [5.74, 6) is -1.02. The van der Waals surface area contributed by atoms with Crippen LogP contribution in [-0.4, -0.2) is 4.92 Å². The van der Waals surface area contributed by atoms with Crippen molar-refractivity contribution < 1.29 is 13.7 Å². The van der Waals surface area contributed by atoms with Gasteiger partial charge >= 0.3 is 0 Å². The molecule has 4 nitrogen and oxygen atoms in total. The second-order valence-electron chi connectivity index (χ2n) is 4.13. The van der Waals surface area contributed by atoms with E-state index in [4.69, 9.17) is 0 Å². The average molecular weight is 469 g/mol. The van der Waals surface area contributed by atoms with Crippen molar-refractivity contribution in [1.82, 2.24) is 0 Å². The molecule has 0 saturated heterocycles. The van der Waals surface area contributed by atoms with E-state index >= 15 is 0 Å². The summed E-state index contributed by atoms with van der Waals surface area (Å²) in [4.78, 5) is 10.4. The van der Waals surface area contributed by atoms with Gasteiger partial charge in [-0.2, -0.15) is 0 Å². The maximum absolute atomic E-state index is 13.6. The molecule has 0 fully saturated rings. The summed E-state index contributed by atoms with van der Waals surface area (Å²) in [6.45, 7) is 0.00610. The van der Waals surface area contributed by atoms with Crippen LogP contribution in [0.5, 0.6) is 0 Å². The van der Waals surface area contributed by atoms with Gasteiger partial charge in [0, 0.05) is 28.7 Å². The Morgan fingerprint density at radius 2 is 1.95 bits per heavy atom. The monoisotopic (exact) mass is 468 g/mol. The summed E-state index contributed by atoms with van der Waals surface area (Å²) < 4.78 is 28.0. The molecule has 0 aliphatic carbocycles. The third-order valence-corrected chi connectivity index (χ3v) is 4.03. The van der Waals surface area contributed by atoms with Crippen LogP contribution in [0.1, 0.15) is 5.56 Å². The molecular weight excluding hydrogens is 461 g/mol. The molecule has 0 unspecified atom stereocenters. The van der Waals surface area contributed by atoms with Crippen LogP contribution in [0.2, 0.25) is 0 Å². The van der Waals surface area contributed by atoms with Crippen molar-refractivity contribution in [3.05, 3.63) is 65.7 Å². The predicted octanol–water partition coefficient (Wildman–Crippen LogP) is 4.85. The lowest BCUT2D eigenvalue weighted by molar-refractivity contribution is -0.384. The molecule has 0 radical (unpaired) electrons. The largest absolute Gasteiger partial charge is 0.375 e. The van der Waals surface area contributed by atoms with Gasteiger partial charge in [-0.1, -0.05) is 15.9 Å². The Morgan fingerprint density at radius 1 is 1.24 bits per heavy atom. The smallest absolute Gasteiger partial charge is 0.293 e. The second-order valence-corrected chi connectivity index (χ2v) is 6.21. The minimum atomic E-state index is -0.610. The zero-order chi connectivity index (χ0) is 15.6. The van der Waals surface area contributed by atoms with Crippen LogP contribution < -0.4 is 5.32 Å². The van der Waals surface area contributed by atoms with Gasteiger partial charge in [-0.05, 0) is 40.8 Å². The van der Waals surface area contributed by atoms with Crippen LogP contribution in [0, 0.1) is 25.3 Å². The number of benzene rings is 2. The number of nitro groups is 1. The summed E-state index contributed by atoms with van der Waals surface area (Å²) in [6, 6.07) is 6.55. The van der Waals surface area contributed by atoms with E-state index in [2.05, 4.69) is 21.2 Å². The Bertz CT molecular complexity index is 713. The number of rotatable bonds is 4. The van der Waals surface area contributed by atoms with Crippen LogP contribution in [0.4, 0.5) is 20.2 Å². The van der Waals surface area contributed by atoms with E-state index in [0.717, 1.165) is 12.1 Å². The molecule has 8 heteroatoms. The lowest BCUT2D eigenvalue weighted by atomic mass is 10.2. The zero-order valence-electron chi connectivity index (χ0n) is 10.4. The minimum absolute atomic E-state index is 0.00610. The lowest BCUT2D eigenvalue weighted by Gasteiger charge is -2.09. The topological polar surface area (TPSA) is 55.2 Å². The van der Waals surface area contributed by atoms with Gasteiger partial charge in [0.1, 0.15) is 17.3 Å². The SMILES string of the molecule is O=[N+]([O-])c1cc(I)c(F)cc1NCc1cc(Br)ccc1F. The number of anilines is 1. The molecule has 2 aromatic rings. The third kappa shape index (κ3) is 3.88. The molecule has 2 rings (SSSR count). The molecule has 0 saturated carbocycles. The van der Waals surface area contributed by atoms with E-state index in [-0.39, 0.29) is 21.5 Å². The Labute approximate surface area is 141 Å². The highest BCUT2D eigenvalue weighted by Crippen LogP contribution is 2.29. The van der Waals surface area contributed by atoms with Crippen molar-refractivity contribution in [3.8, 4) is 0 Å². The number of hydrogen-bond acceptors (Lipinski definition) is 3. The quantitative estimate of drug-likeness (QED) is 0.396. The summed E-state index contributed by atoms with van der Waals surface area (Å²) >= 11 is 4.89. The number of nitro benzene ring substituents is 1. The Morgan fingerprint density at radius 3 is 2.62 bits per heavy atom. The van der Waals surface area contributed by atoms with Crippen molar-refractivity contribution in [1.29, 1.82) is 0 Å². The van der Waals surface area contributed by atoms with Crippen molar-refractivity contribution in [3.63, 3.8) is 0 Å². The Hall–Kier alpha value is -1.29. The summed E-state index contributed by atoms with van der Waals surface area (Å²) in [6.07, 6.45) is 0. The fourth-order valence-corrected chi connectivity index (χ4v) is 2.56. The van der Waals surface area contributed by atoms with Crippen LogP contribution in [0.3, 0.4) is 0 Å². The first kappa shape index (κ1) is 16.1. The first-order valence-corrected chi connectivity index (χ1v) is 7.57. The average Bonchev–Trinajstić information content (AvgIpc) is 2.42. The van der Waals surface area contributed by atoms with Gasteiger partial charge in [0.15, 0.2) is 0 Å². The molecule has 0 aromatic heterocycles. The van der Waals surface area contributed by atoms with E-state index in [1.165, 1.54) is 6.07 Å². The van der Waals surface area contributed by atoms with Gasteiger partial charge < -0.3 is 5.32 Å². The van der Waals surface area contributed by atoms with Crippen LogP contribution in [-0.2, 0) is 6.54 Å². The molecule has 110 valence electrons. The van der Waals surface area contributed by atoms with Crippen LogP contribution in [0.15, 0.2) is 34.8 Å². The number of halogens is 4. The lowest BCUT2D eigenvalue weighted by Crippen LogP contribution is -2.05. The molecule has 0 heterocycles. The van der Waals surface area contributed by atoms with E-state index < -0.39 is 16.6 Å². The molecule has 21 heavy (non-hydrogen) atoms. The van der Waals surface area contributed by atoms with Gasteiger partial charge in [-0.15, -0.1) is 0 Å². The van der Waals surface area contributed by atoms with Crippen molar-refractivity contribution in [2.24, 2.45) is 0 Å². The van der Waals surface area contributed by atoms with Crippen molar-refractivity contribution >= 4 is 49.9 Å². The molecule has 1 N–H and O–H groups in total. The number of nitrogens with one attached hydrogen (secondary N) is 1. The number of nitrogens with zero attached hydrogens (tertiary/aromatic N) is 1. The normalized spacial score (nSPS) is 10.5. The maximum Gasteiger partial charge on any atom is 0.293 e. The predicted molar refractivity (Wildman–Crippen MR) is 87.2 cm³/mol. The first-order valence-electron chi connectivity index (χ1n) is 5.69. The Kier molecular flexibility index (Phi) is 5.09. The standard InChI is InChI=1S/C13H8BrF2IN2O2/c14-8-1-2-9(15)7(3-8)6-18-12-4-10(16)11(17)5-13(12)19(20)21/h1-5,18H,6H2. The molecular formula is C13H8BrF2IN2O2. The van der Waals surface area contributed by atoms with E-state index in [9.17, 15) is 18.9 Å². The highest BCUT2D eigenvalue weighted by atomic mass is 127. The fraction of sp³-hybridized carbons (Fsp3) is 0.0769. The van der Waals surface area contributed by atoms with E-state index in [1.807, 2.05) is 0 Å². The van der Waals surface area contributed by atoms with Gasteiger partial charge in [0.05, 0.1) is 8.49 Å². The number of hydrogen-bond donors (Lipinski definition) is 1. The molecule has 0 aliphatic heterocycles. The molecule has 0 aliphatic rings. The second kappa shape index (κ2) is 6.65. The van der Waals surface area contributed by atoms with Crippen LogP contribution in [0.25, 0.3) is 0 Å². The fourth-order valence-electron chi connectivity index (χ4n) is 1.70. The first-order chi connectivity index (χ1) is 9.88. The molecule has 0 spiro atoms. The van der Waals surface area contributed by atoms with E-state index in [0.29, 0.717) is 10.0 Å². The van der Waals surface area contributed by atoms with Gasteiger partial charge in [0.2, 0.25) is 0 Å².